The third kappa shape index (κ3) is 4.47. The van der Waals surface area contributed by atoms with Gasteiger partial charge >= 0.3 is 6.03 Å². The molecule has 1 aliphatic rings. The summed E-state index contributed by atoms with van der Waals surface area (Å²) in [5.74, 6) is -0.362. The molecule has 2 N–H and O–H groups in total. The van der Waals surface area contributed by atoms with Crippen molar-refractivity contribution >= 4 is 11.7 Å². The van der Waals surface area contributed by atoms with E-state index in [-0.39, 0.29) is 11.8 Å². The molecule has 1 aliphatic heterocycles. The van der Waals surface area contributed by atoms with Crippen LogP contribution in [0.25, 0.3) is 0 Å². The van der Waals surface area contributed by atoms with Gasteiger partial charge in [-0.25, -0.2) is 9.18 Å². The lowest BCUT2D eigenvalue weighted by Gasteiger charge is -2.26. The summed E-state index contributed by atoms with van der Waals surface area (Å²) in [5.41, 5.74) is 1.32. The van der Waals surface area contributed by atoms with E-state index in [1.807, 2.05) is 6.92 Å². The van der Waals surface area contributed by atoms with Crippen LogP contribution < -0.4 is 10.6 Å². The summed E-state index contributed by atoms with van der Waals surface area (Å²) >= 11 is 0. The monoisotopic (exact) mass is 281 g/mol. The number of urea groups is 1. The summed E-state index contributed by atoms with van der Waals surface area (Å²) in [7, 11) is 0. The zero-order valence-electron chi connectivity index (χ0n) is 11.6. The molecule has 1 aromatic rings. The molecule has 0 atom stereocenters. The quantitative estimate of drug-likeness (QED) is 0.881. The standard InChI is InChI=1S/C14H20FN3O2/c1-11-2-3-12(15)10-13(11)17-14(19)16-4-5-18-6-8-20-9-7-18/h2-3,10H,4-9H2,1H3,(H2,16,17,19). The van der Waals surface area contributed by atoms with Crippen LogP contribution in [0.1, 0.15) is 5.56 Å². The van der Waals surface area contributed by atoms with E-state index >= 15 is 0 Å². The van der Waals surface area contributed by atoms with Crippen LogP contribution in [0, 0.1) is 12.7 Å². The van der Waals surface area contributed by atoms with E-state index < -0.39 is 0 Å². The second-order valence-corrected chi connectivity index (χ2v) is 4.79. The van der Waals surface area contributed by atoms with Crippen LogP contribution in [0.3, 0.4) is 0 Å². The molecule has 0 saturated carbocycles. The number of hydrogen-bond donors (Lipinski definition) is 2. The fourth-order valence-electron chi connectivity index (χ4n) is 2.05. The smallest absolute Gasteiger partial charge is 0.319 e. The van der Waals surface area contributed by atoms with Crippen LogP contribution in [0.15, 0.2) is 18.2 Å². The fourth-order valence-corrected chi connectivity index (χ4v) is 2.05. The molecule has 20 heavy (non-hydrogen) atoms. The maximum atomic E-state index is 13.1. The van der Waals surface area contributed by atoms with E-state index in [2.05, 4.69) is 15.5 Å². The molecule has 0 radical (unpaired) electrons. The number of morpholine rings is 1. The third-order valence-electron chi connectivity index (χ3n) is 3.27. The molecule has 110 valence electrons. The van der Waals surface area contributed by atoms with E-state index in [1.54, 1.807) is 6.07 Å². The van der Waals surface area contributed by atoms with Crippen LogP contribution in [0.4, 0.5) is 14.9 Å². The number of nitrogens with zero attached hydrogens (tertiary/aromatic N) is 1. The van der Waals surface area contributed by atoms with Gasteiger partial charge in [0.2, 0.25) is 0 Å². The van der Waals surface area contributed by atoms with Crippen molar-refractivity contribution in [1.82, 2.24) is 10.2 Å². The van der Waals surface area contributed by atoms with Gasteiger partial charge in [0, 0.05) is 31.9 Å². The Hall–Kier alpha value is -1.66. The molecule has 0 unspecified atom stereocenters. The highest BCUT2D eigenvalue weighted by Crippen LogP contribution is 2.15. The van der Waals surface area contributed by atoms with E-state index in [9.17, 15) is 9.18 Å². The largest absolute Gasteiger partial charge is 0.379 e. The maximum Gasteiger partial charge on any atom is 0.319 e. The molecule has 0 spiro atoms. The Morgan fingerprint density at radius 1 is 1.40 bits per heavy atom. The number of carbonyl (C=O) groups excluding carboxylic acids is 1. The molecule has 2 amide bonds. The number of benzene rings is 1. The highest BCUT2D eigenvalue weighted by atomic mass is 19.1. The Kier molecular flexibility index (Phi) is 5.31. The van der Waals surface area contributed by atoms with Crippen molar-refractivity contribution < 1.29 is 13.9 Å². The van der Waals surface area contributed by atoms with Gasteiger partial charge in [-0.15, -0.1) is 0 Å². The van der Waals surface area contributed by atoms with Crippen LogP contribution in [-0.4, -0.2) is 50.3 Å². The zero-order chi connectivity index (χ0) is 14.4. The maximum absolute atomic E-state index is 13.1. The molecule has 1 saturated heterocycles. The van der Waals surface area contributed by atoms with Crippen molar-refractivity contribution in [3.8, 4) is 0 Å². The number of halogens is 1. The number of amides is 2. The SMILES string of the molecule is Cc1ccc(F)cc1NC(=O)NCCN1CCOCC1. The van der Waals surface area contributed by atoms with Crippen LogP contribution in [-0.2, 0) is 4.74 Å². The number of carbonyl (C=O) groups is 1. The number of rotatable bonds is 4. The van der Waals surface area contributed by atoms with Gasteiger partial charge < -0.3 is 15.4 Å². The molecule has 1 fully saturated rings. The minimum absolute atomic E-state index is 0.313. The Morgan fingerprint density at radius 3 is 2.90 bits per heavy atom. The molecule has 0 bridgehead atoms. The van der Waals surface area contributed by atoms with Crippen molar-refractivity contribution in [3.05, 3.63) is 29.6 Å². The van der Waals surface area contributed by atoms with Crippen LogP contribution in [0.2, 0.25) is 0 Å². The molecular weight excluding hydrogens is 261 g/mol. The Balaban J connectivity index is 1.73. The van der Waals surface area contributed by atoms with Crippen molar-refractivity contribution in [2.24, 2.45) is 0 Å². The van der Waals surface area contributed by atoms with Gasteiger partial charge in [0.1, 0.15) is 5.82 Å². The summed E-state index contributed by atoms with van der Waals surface area (Å²) in [6.07, 6.45) is 0. The van der Waals surface area contributed by atoms with Gasteiger partial charge in [-0.2, -0.15) is 0 Å². The Labute approximate surface area is 118 Å². The highest BCUT2D eigenvalue weighted by molar-refractivity contribution is 5.90. The molecule has 6 heteroatoms. The second-order valence-electron chi connectivity index (χ2n) is 4.79. The normalized spacial score (nSPS) is 15.9. The highest BCUT2D eigenvalue weighted by Gasteiger charge is 2.10. The third-order valence-corrected chi connectivity index (χ3v) is 3.27. The minimum Gasteiger partial charge on any atom is -0.379 e. The lowest BCUT2D eigenvalue weighted by atomic mass is 10.2. The lowest BCUT2D eigenvalue weighted by Crippen LogP contribution is -2.42. The van der Waals surface area contributed by atoms with Gasteiger partial charge in [-0.1, -0.05) is 6.07 Å². The predicted octanol–water partition coefficient (Wildman–Crippen LogP) is 1.59. The molecular formula is C14H20FN3O2. The number of aryl methyl sites for hydroxylation is 1. The van der Waals surface area contributed by atoms with Crippen molar-refractivity contribution in [2.75, 3.05) is 44.7 Å². The molecule has 1 aromatic carbocycles. The van der Waals surface area contributed by atoms with E-state index in [4.69, 9.17) is 4.74 Å². The first-order chi connectivity index (χ1) is 9.65. The zero-order valence-corrected chi connectivity index (χ0v) is 11.6. The molecule has 2 rings (SSSR count). The van der Waals surface area contributed by atoms with E-state index in [0.717, 1.165) is 38.4 Å². The van der Waals surface area contributed by atoms with Crippen LogP contribution >= 0.6 is 0 Å². The van der Waals surface area contributed by atoms with Gasteiger partial charge in [0.15, 0.2) is 0 Å². The fraction of sp³-hybridized carbons (Fsp3) is 0.500. The predicted molar refractivity (Wildman–Crippen MR) is 75.4 cm³/mol. The van der Waals surface area contributed by atoms with Crippen molar-refractivity contribution in [3.63, 3.8) is 0 Å². The van der Waals surface area contributed by atoms with E-state index in [0.29, 0.717) is 12.2 Å². The summed E-state index contributed by atoms with van der Waals surface area (Å²) < 4.78 is 18.4. The molecule has 0 aliphatic carbocycles. The number of anilines is 1. The van der Waals surface area contributed by atoms with Crippen LogP contribution in [0.5, 0.6) is 0 Å². The average molecular weight is 281 g/mol. The molecule has 0 aromatic heterocycles. The summed E-state index contributed by atoms with van der Waals surface area (Å²) in [4.78, 5) is 14.0. The van der Waals surface area contributed by atoms with Gasteiger partial charge in [-0.3, -0.25) is 4.90 Å². The summed E-state index contributed by atoms with van der Waals surface area (Å²) in [6.45, 7) is 6.45. The summed E-state index contributed by atoms with van der Waals surface area (Å²) in [6, 6.07) is 4.01. The first-order valence-corrected chi connectivity index (χ1v) is 6.76. The molecule has 1 heterocycles. The number of nitrogens with one attached hydrogen (secondary N) is 2. The van der Waals surface area contributed by atoms with Crippen molar-refractivity contribution in [2.45, 2.75) is 6.92 Å². The van der Waals surface area contributed by atoms with Gasteiger partial charge in [-0.05, 0) is 24.6 Å². The number of ether oxygens (including phenoxy) is 1. The number of hydrogen-bond acceptors (Lipinski definition) is 3. The first kappa shape index (κ1) is 14.7. The second kappa shape index (κ2) is 7.21. The van der Waals surface area contributed by atoms with Gasteiger partial charge in [0.25, 0.3) is 0 Å². The average Bonchev–Trinajstić information content (AvgIpc) is 2.44. The topological polar surface area (TPSA) is 53.6 Å². The van der Waals surface area contributed by atoms with Crippen molar-refractivity contribution in [1.29, 1.82) is 0 Å². The first-order valence-electron chi connectivity index (χ1n) is 6.76. The Morgan fingerprint density at radius 2 is 2.15 bits per heavy atom. The molecule has 5 nitrogen and oxygen atoms in total. The lowest BCUT2D eigenvalue weighted by molar-refractivity contribution is 0.0388. The summed E-state index contributed by atoms with van der Waals surface area (Å²) in [5, 5.41) is 5.43. The van der Waals surface area contributed by atoms with E-state index in [1.165, 1.54) is 12.1 Å². The Bertz CT molecular complexity index is 462. The van der Waals surface area contributed by atoms with Gasteiger partial charge in [0.05, 0.1) is 13.2 Å². The minimum atomic E-state index is -0.362.